The summed E-state index contributed by atoms with van der Waals surface area (Å²) in [7, 11) is 0. The Morgan fingerprint density at radius 1 is 0.909 bits per heavy atom. The van der Waals surface area contributed by atoms with Crippen molar-refractivity contribution in [2.75, 3.05) is 6.61 Å². The lowest BCUT2D eigenvalue weighted by Crippen LogP contribution is -2.30. The summed E-state index contributed by atoms with van der Waals surface area (Å²) in [5.74, 6) is 4.40. The van der Waals surface area contributed by atoms with Gasteiger partial charge in [-0.15, -0.1) is 0 Å². The average molecular weight is 439 g/mol. The number of carbonyl (C=O) groups is 2. The molecule has 0 bridgehead atoms. The number of ether oxygens (including phenoxy) is 1. The van der Waals surface area contributed by atoms with Gasteiger partial charge in [-0.1, -0.05) is 60.7 Å². The van der Waals surface area contributed by atoms with Gasteiger partial charge in [-0.3, -0.25) is 10.2 Å². The fourth-order valence-corrected chi connectivity index (χ4v) is 4.40. The number of amides is 1. The summed E-state index contributed by atoms with van der Waals surface area (Å²) < 4.78 is 7.98. The second-order valence-corrected chi connectivity index (χ2v) is 7.75. The molecular formula is C26H21N3O4. The minimum atomic E-state index is -1.08. The van der Waals surface area contributed by atoms with E-state index in [1.807, 2.05) is 72.8 Å². The number of rotatable bonds is 6. The fraction of sp³-hybridized carbons (Fsp3) is 0.0769. The van der Waals surface area contributed by atoms with Crippen LogP contribution in [0.4, 0.5) is 0 Å². The largest absolute Gasteiger partial charge is 0.481 e. The van der Waals surface area contributed by atoms with Crippen molar-refractivity contribution in [3.8, 4) is 5.75 Å². The van der Waals surface area contributed by atoms with E-state index in [0.29, 0.717) is 28.6 Å². The van der Waals surface area contributed by atoms with Gasteiger partial charge in [0.1, 0.15) is 5.75 Å². The van der Waals surface area contributed by atoms with Crippen LogP contribution in [0.15, 0.2) is 78.9 Å². The standard InChI is InChI=1S/C26H21N3O4/c27-28-26(32)19-11-6-12-20-23(19)24-21(29(20)14-16-7-2-1-3-8-16)13-17-9-4-5-10-18(17)25(24)33-15-22(30)31/h1-13H,14-15,27H2,(H,28,32)(H,30,31). The molecule has 0 aliphatic carbocycles. The Labute approximate surface area is 189 Å². The molecule has 0 radical (unpaired) electrons. The lowest BCUT2D eigenvalue weighted by atomic mass is 10.0. The van der Waals surface area contributed by atoms with Crippen molar-refractivity contribution in [3.05, 3.63) is 90.0 Å². The highest BCUT2D eigenvalue weighted by Crippen LogP contribution is 2.42. The van der Waals surface area contributed by atoms with Gasteiger partial charge in [0.25, 0.3) is 5.91 Å². The molecule has 1 heterocycles. The summed E-state index contributed by atoms with van der Waals surface area (Å²) in [6.07, 6.45) is 0. The fourth-order valence-electron chi connectivity index (χ4n) is 4.40. The van der Waals surface area contributed by atoms with Gasteiger partial charge >= 0.3 is 5.97 Å². The van der Waals surface area contributed by atoms with Gasteiger partial charge < -0.3 is 14.4 Å². The van der Waals surface area contributed by atoms with Crippen LogP contribution in [0.25, 0.3) is 32.6 Å². The zero-order chi connectivity index (χ0) is 22.9. The molecule has 0 aliphatic heterocycles. The van der Waals surface area contributed by atoms with Crippen LogP contribution in [0.2, 0.25) is 0 Å². The minimum Gasteiger partial charge on any atom is -0.481 e. The molecule has 5 rings (SSSR count). The van der Waals surface area contributed by atoms with Crippen molar-refractivity contribution in [2.24, 2.45) is 5.84 Å². The number of hydrazine groups is 1. The first-order valence-corrected chi connectivity index (χ1v) is 10.4. The predicted molar refractivity (Wildman–Crippen MR) is 127 cm³/mol. The Kier molecular flexibility index (Phi) is 5.16. The maximum Gasteiger partial charge on any atom is 0.341 e. The number of nitrogens with one attached hydrogen (secondary N) is 1. The van der Waals surface area contributed by atoms with E-state index >= 15 is 0 Å². The topological polar surface area (TPSA) is 107 Å². The first kappa shape index (κ1) is 20.5. The molecule has 1 aromatic heterocycles. The molecule has 7 heteroatoms. The zero-order valence-electron chi connectivity index (χ0n) is 17.6. The molecule has 0 aliphatic rings. The molecule has 0 unspecified atom stereocenters. The molecule has 0 saturated heterocycles. The van der Waals surface area contributed by atoms with Gasteiger partial charge in [-0.05, 0) is 29.1 Å². The first-order valence-electron chi connectivity index (χ1n) is 10.4. The van der Waals surface area contributed by atoms with E-state index < -0.39 is 18.5 Å². The molecule has 0 atom stereocenters. The summed E-state index contributed by atoms with van der Waals surface area (Å²) in [4.78, 5) is 24.1. The summed E-state index contributed by atoms with van der Waals surface area (Å²) >= 11 is 0. The molecule has 0 saturated carbocycles. The average Bonchev–Trinajstić information content (AvgIpc) is 3.15. The molecule has 4 aromatic carbocycles. The first-order chi connectivity index (χ1) is 16.1. The molecule has 0 spiro atoms. The molecule has 0 fully saturated rings. The minimum absolute atomic E-state index is 0.391. The van der Waals surface area contributed by atoms with Crippen LogP contribution in [0, 0.1) is 0 Å². The van der Waals surface area contributed by atoms with Gasteiger partial charge in [0.15, 0.2) is 6.61 Å². The highest BCUT2D eigenvalue weighted by atomic mass is 16.5. The summed E-state index contributed by atoms with van der Waals surface area (Å²) in [5.41, 5.74) is 5.36. The van der Waals surface area contributed by atoms with E-state index in [4.69, 9.17) is 10.6 Å². The van der Waals surface area contributed by atoms with Gasteiger partial charge in [0, 0.05) is 17.3 Å². The number of aromatic nitrogens is 1. The Hall–Kier alpha value is -4.36. The predicted octanol–water partition coefficient (Wildman–Crippen LogP) is 4.06. The van der Waals surface area contributed by atoms with E-state index in [1.165, 1.54) is 0 Å². The maximum atomic E-state index is 12.7. The number of carbonyl (C=O) groups excluding carboxylic acids is 1. The third-order valence-corrected chi connectivity index (χ3v) is 5.75. The summed E-state index contributed by atoms with van der Waals surface area (Å²) in [6.45, 7) is 0.0605. The molecule has 5 aromatic rings. The SMILES string of the molecule is NNC(=O)c1cccc2c1c1c(OCC(=O)O)c3ccccc3cc1n2Cc1ccccc1. The van der Waals surface area contributed by atoms with Crippen LogP contribution in [0.3, 0.4) is 0 Å². The van der Waals surface area contributed by atoms with E-state index in [2.05, 4.69) is 9.99 Å². The number of benzene rings is 4. The number of hydrogen-bond donors (Lipinski definition) is 3. The number of aliphatic carboxylic acids is 1. The lowest BCUT2D eigenvalue weighted by molar-refractivity contribution is -0.139. The quantitative estimate of drug-likeness (QED) is 0.210. The van der Waals surface area contributed by atoms with Crippen LogP contribution in [-0.2, 0) is 11.3 Å². The van der Waals surface area contributed by atoms with Crippen LogP contribution in [-0.4, -0.2) is 28.2 Å². The molecule has 1 amide bonds. The number of carboxylic acid groups (broad SMARTS) is 1. The highest BCUT2D eigenvalue weighted by molar-refractivity contribution is 6.23. The second kappa shape index (κ2) is 8.29. The Bertz CT molecular complexity index is 1520. The van der Waals surface area contributed by atoms with Crippen molar-refractivity contribution >= 4 is 44.5 Å². The van der Waals surface area contributed by atoms with Gasteiger partial charge in [0.05, 0.1) is 22.0 Å². The number of nitrogens with two attached hydrogens (primary N) is 1. The monoisotopic (exact) mass is 439 g/mol. The summed E-state index contributed by atoms with van der Waals surface area (Å²) in [5, 5.41) is 12.3. The van der Waals surface area contributed by atoms with Crippen LogP contribution >= 0.6 is 0 Å². The number of hydrogen-bond acceptors (Lipinski definition) is 4. The maximum absolute atomic E-state index is 12.7. The van der Waals surface area contributed by atoms with E-state index in [0.717, 1.165) is 27.4 Å². The molecular weight excluding hydrogens is 418 g/mol. The van der Waals surface area contributed by atoms with Crippen molar-refractivity contribution in [1.82, 2.24) is 9.99 Å². The number of fused-ring (bicyclic) bond motifs is 4. The smallest absolute Gasteiger partial charge is 0.341 e. The molecule has 7 nitrogen and oxygen atoms in total. The summed E-state index contributed by atoms with van der Waals surface area (Å²) in [6, 6.07) is 25.1. The molecule has 33 heavy (non-hydrogen) atoms. The van der Waals surface area contributed by atoms with Crippen molar-refractivity contribution < 1.29 is 19.4 Å². The zero-order valence-corrected chi connectivity index (χ0v) is 17.6. The second-order valence-electron chi connectivity index (χ2n) is 7.75. The Balaban J connectivity index is 1.93. The van der Waals surface area contributed by atoms with Crippen molar-refractivity contribution in [3.63, 3.8) is 0 Å². The van der Waals surface area contributed by atoms with Gasteiger partial charge in [-0.25, -0.2) is 10.6 Å². The van der Waals surface area contributed by atoms with Crippen LogP contribution < -0.4 is 16.0 Å². The van der Waals surface area contributed by atoms with Gasteiger partial charge in [-0.2, -0.15) is 0 Å². The van der Waals surface area contributed by atoms with Gasteiger partial charge in [0.2, 0.25) is 0 Å². The number of nitrogens with zero attached hydrogens (tertiary/aromatic N) is 1. The van der Waals surface area contributed by atoms with Crippen molar-refractivity contribution in [1.29, 1.82) is 0 Å². The number of carboxylic acids is 1. The third kappa shape index (κ3) is 3.54. The van der Waals surface area contributed by atoms with Crippen LogP contribution in [0.5, 0.6) is 5.75 Å². The van der Waals surface area contributed by atoms with E-state index in [-0.39, 0.29) is 0 Å². The molecule has 4 N–H and O–H groups in total. The number of nitrogen functional groups attached to an aromatic ring is 1. The Morgan fingerprint density at radius 3 is 2.42 bits per heavy atom. The van der Waals surface area contributed by atoms with E-state index in [9.17, 15) is 14.7 Å². The van der Waals surface area contributed by atoms with Crippen LogP contribution in [0.1, 0.15) is 15.9 Å². The normalized spacial score (nSPS) is 11.2. The molecule has 164 valence electrons. The van der Waals surface area contributed by atoms with Crippen molar-refractivity contribution in [2.45, 2.75) is 6.54 Å². The lowest BCUT2D eigenvalue weighted by Gasteiger charge is -2.12. The third-order valence-electron chi connectivity index (χ3n) is 5.75. The van der Waals surface area contributed by atoms with E-state index in [1.54, 1.807) is 6.07 Å². The Morgan fingerprint density at radius 2 is 1.67 bits per heavy atom. The highest BCUT2D eigenvalue weighted by Gasteiger charge is 2.23.